The van der Waals surface area contributed by atoms with Gasteiger partial charge in [0.15, 0.2) is 16.8 Å². The lowest BCUT2D eigenvalue weighted by atomic mass is 9.97. The van der Waals surface area contributed by atoms with E-state index in [1.165, 1.54) is 11.3 Å². The molecular weight excluding hydrogens is 452 g/mol. The Bertz CT molecular complexity index is 1260. The van der Waals surface area contributed by atoms with Crippen LogP contribution in [-0.2, 0) is 14.3 Å². The van der Waals surface area contributed by atoms with Gasteiger partial charge in [-0.15, -0.1) is 11.3 Å². The molecule has 0 spiro atoms. The van der Waals surface area contributed by atoms with Gasteiger partial charge in [0, 0.05) is 24.0 Å². The van der Waals surface area contributed by atoms with Crippen LogP contribution >= 0.6 is 11.3 Å². The Kier molecular flexibility index (Phi) is 6.27. The third-order valence-corrected chi connectivity index (χ3v) is 6.61. The molecule has 1 N–H and O–H groups in total. The van der Waals surface area contributed by atoms with Crippen molar-refractivity contribution in [3.05, 3.63) is 60.0 Å². The molecule has 2 aromatic heterocycles. The number of oxazole rings is 1. The van der Waals surface area contributed by atoms with Crippen molar-refractivity contribution >= 4 is 45.5 Å². The molecule has 8 nitrogen and oxygen atoms in total. The molecule has 1 fully saturated rings. The van der Waals surface area contributed by atoms with Gasteiger partial charge >= 0.3 is 5.97 Å². The number of aromatic nitrogens is 2. The number of amides is 1. The zero-order valence-electron chi connectivity index (χ0n) is 18.6. The van der Waals surface area contributed by atoms with Crippen LogP contribution in [0.3, 0.4) is 0 Å². The van der Waals surface area contributed by atoms with Crippen LogP contribution in [0.1, 0.15) is 19.8 Å². The van der Waals surface area contributed by atoms with Gasteiger partial charge in [0.05, 0.1) is 11.6 Å². The van der Waals surface area contributed by atoms with Gasteiger partial charge in [-0.05, 0) is 31.9 Å². The standard InChI is InChI=1S/C25H24N4O4S/c1-16(22(30)28-24-26-20(15-34-24)17-7-3-2-4-8-17)32-23(31)18-11-13-29(14-12-18)25-27-19-9-5-6-10-21(19)33-25/h2-10,15-16,18H,11-14H2,1H3,(H,26,28,30). The fourth-order valence-corrected chi connectivity index (χ4v) is 4.63. The van der Waals surface area contributed by atoms with Crippen LogP contribution in [0.4, 0.5) is 11.1 Å². The second-order valence-electron chi connectivity index (χ2n) is 8.20. The summed E-state index contributed by atoms with van der Waals surface area (Å²) in [6, 6.07) is 17.9. The van der Waals surface area contributed by atoms with Gasteiger partial charge in [-0.25, -0.2) is 4.98 Å². The number of para-hydroxylation sites is 2. The van der Waals surface area contributed by atoms with Gasteiger partial charge < -0.3 is 14.1 Å². The van der Waals surface area contributed by atoms with E-state index in [4.69, 9.17) is 9.15 Å². The molecule has 1 aliphatic rings. The zero-order valence-corrected chi connectivity index (χ0v) is 19.5. The van der Waals surface area contributed by atoms with Crippen LogP contribution in [0.25, 0.3) is 22.4 Å². The second-order valence-corrected chi connectivity index (χ2v) is 9.06. The van der Waals surface area contributed by atoms with Gasteiger partial charge in [-0.2, -0.15) is 4.98 Å². The number of benzene rings is 2. The first-order valence-corrected chi connectivity index (χ1v) is 12.1. The number of carbonyl (C=O) groups excluding carboxylic acids is 2. The molecule has 0 bridgehead atoms. The first-order valence-electron chi connectivity index (χ1n) is 11.2. The number of nitrogens with zero attached hydrogens (tertiary/aromatic N) is 3. The summed E-state index contributed by atoms with van der Waals surface area (Å²) in [5.74, 6) is -1.02. The lowest BCUT2D eigenvalue weighted by molar-refractivity contribution is -0.158. The molecule has 1 unspecified atom stereocenters. The Labute approximate surface area is 200 Å². The summed E-state index contributed by atoms with van der Waals surface area (Å²) in [6.45, 7) is 2.84. The second kappa shape index (κ2) is 9.64. The highest BCUT2D eigenvalue weighted by Crippen LogP contribution is 2.28. The molecule has 1 amide bonds. The third-order valence-electron chi connectivity index (χ3n) is 5.85. The Balaban J connectivity index is 1.12. The van der Waals surface area contributed by atoms with Crippen LogP contribution in [0.5, 0.6) is 0 Å². The van der Waals surface area contributed by atoms with Crippen molar-refractivity contribution in [1.29, 1.82) is 0 Å². The first kappa shape index (κ1) is 22.1. The normalized spacial score (nSPS) is 15.3. The number of hydrogen-bond acceptors (Lipinski definition) is 8. The Morgan fingerprint density at radius 3 is 2.59 bits per heavy atom. The molecule has 2 aromatic carbocycles. The maximum atomic E-state index is 12.7. The molecule has 5 rings (SSSR count). The van der Waals surface area contributed by atoms with Crippen molar-refractivity contribution in [2.45, 2.75) is 25.9 Å². The number of piperidine rings is 1. The minimum atomic E-state index is -0.911. The number of ether oxygens (including phenoxy) is 1. The van der Waals surface area contributed by atoms with Crippen LogP contribution in [-0.4, -0.2) is 41.0 Å². The maximum Gasteiger partial charge on any atom is 0.309 e. The summed E-state index contributed by atoms with van der Waals surface area (Å²) in [5.41, 5.74) is 3.32. The molecule has 0 saturated carbocycles. The number of anilines is 2. The van der Waals surface area contributed by atoms with E-state index in [0.717, 1.165) is 22.4 Å². The van der Waals surface area contributed by atoms with E-state index in [1.807, 2.05) is 64.9 Å². The average molecular weight is 477 g/mol. The minimum absolute atomic E-state index is 0.263. The highest BCUT2D eigenvalue weighted by molar-refractivity contribution is 7.14. The molecular formula is C25H24N4O4S. The molecule has 3 heterocycles. The van der Waals surface area contributed by atoms with Crippen molar-refractivity contribution in [2.75, 3.05) is 23.3 Å². The summed E-state index contributed by atoms with van der Waals surface area (Å²) in [5, 5.41) is 5.10. The average Bonchev–Trinajstić information content (AvgIpc) is 3.52. The summed E-state index contributed by atoms with van der Waals surface area (Å²) in [6.07, 6.45) is 0.309. The minimum Gasteiger partial charge on any atom is -0.452 e. The van der Waals surface area contributed by atoms with Crippen LogP contribution < -0.4 is 10.2 Å². The van der Waals surface area contributed by atoms with Gasteiger partial charge in [0.1, 0.15) is 5.52 Å². The number of nitrogens with one attached hydrogen (secondary N) is 1. The summed E-state index contributed by atoms with van der Waals surface area (Å²) >= 11 is 1.33. The van der Waals surface area contributed by atoms with Crippen molar-refractivity contribution in [2.24, 2.45) is 5.92 Å². The van der Waals surface area contributed by atoms with Crippen LogP contribution in [0.15, 0.2) is 64.4 Å². The Morgan fingerprint density at radius 1 is 1.09 bits per heavy atom. The van der Waals surface area contributed by atoms with Gasteiger partial charge in [-0.3, -0.25) is 14.9 Å². The lowest BCUT2D eigenvalue weighted by Gasteiger charge is -2.30. The van der Waals surface area contributed by atoms with Crippen molar-refractivity contribution in [3.63, 3.8) is 0 Å². The third kappa shape index (κ3) is 4.79. The molecule has 0 aliphatic carbocycles. The monoisotopic (exact) mass is 476 g/mol. The smallest absolute Gasteiger partial charge is 0.309 e. The number of rotatable bonds is 6. The zero-order chi connectivity index (χ0) is 23.5. The Morgan fingerprint density at radius 2 is 1.82 bits per heavy atom. The van der Waals surface area contributed by atoms with Crippen molar-refractivity contribution in [3.8, 4) is 11.3 Å². The van der Waals surface area contributed by atoms with E-state index in [0.29, 0.717) is 37.1 Å². The summed E-state index contributed by atoms with van der Waals surface area (Å²) < 4.78 is 11.3. The molecule has 174 valence electrons. The van der Waals surface area contributed by atoms with Gasteiger partial charge in [-0.1, -0.05) is 42.5 Å². The number of fused-ring (bicyclic) bond motifs is 1. The molecule has 34 heavy (non-hydrogen) atoms. The van der Waals surface area contributed by atoms with E-state index >= 15 is 0 Å². The van der Waals surface area contributed by atoms with Crippen molar-refractivity contribution < 1.29 is 18.7 Å². The fourth-order valence-electron chi connectivity index (χ4n) is 3.91. The van der Waals surface area contributed by atoms with Crippen LogP contribution in [0, 0.1) is 5.92 Å². The molecule has 1 saturated heterocycles. The largest absolute Gasteiger partial charge is 0.452 e. The highest BCUT2D eigenvalue weighted by atomic mass is 32.1. The molecule has 0 radical (unpaired) electrons. The van der Waals surface area contributed by atoms with E-state index in [1.54, 1.807) is 6.92 Å². The predicted octanol–water partition coefficient (Wildman–Crippen LogP) is 4.74. The van der Waals surface area contributed by atoms with Gasteiger partial charge in [0.25, 0.3) is 11.9 Å². The number of thiazole rings is 1. The highest BCUT2D eigenvalue weighted by Gasteiger charge is 2.30. The molecule has 1 aliphatic heterocycles. The first-order chi connectivity index (χ1) is 16.6. The topological polar surface area (TPSA) is 97.6 Å². The quantitative estimate of drug-likeness (QED) is 0.402. The summed E-state index contributed by atoms with van der Waals surface area (Å²) in [4.78, 5) is 36.2. The predicted molar refractivity (Wildman–Crippen MR) is 131 cm³/mol. The maximum absolute atomic E-state index is 12.7. The SMILES string of the molecule is CC(OC(=O)C1CCN(c2nc3ccccc3o2)CC1)C(=O)Nc1nc(-c2ccccc2)cs1. The number of esters is 1. The Hall–Kier alpha value is -3.72. The van der Waals surface area contributed by atoms with E-state index in [9.17, 15) is 9.59 Å². The molecule has 9 heteroatoms. The van der Waals surface area contributed by atoms with Crippen molar-refractivity contribution in [1.82, 2.24) is 9.97 Å². The van der Waals surface area contributed by atoms with E-state index in [2.05, 4.69) is 15.3 Å². The molecule has 4 aromatic rings. The lowest BCUT2D eigenvalue weighted by Crippen LogP contribution is -2.39. The van der Waals surface area contributed by atoms with E-state index in [-0.39, 0.29) is 11.9 Å². The van der Waals surface area contributed by atoms with E-state index < -0.39 is 12.0 Å². The van der Waals surface area contributed by atoms with Crippen LogP contribution in [0.2, 0.25) is 0 Å². The number of hydrogen-bond donors (Lipinski definition) is 1. The van der Waals surface area contributed by atoms with Gasteiger partial charge in [0.2, 0.25) is 0 Å². The summed E-state index contributed by atoms with van der Waals surface area (Å²) in [7, 11) is 0. The fraction of sp³-hybridized carbons (Fsp3) is 0.280. The molecule has 1 atom stereocenters. The number of carbonyl (C=O) groups is 2.